The molecule has 3 rings (SSSR count). The van der Waals surface area contributed by atoms with E-state index in [0.29, 0.717) is 19.5 Å². The van der Waals surface area contributed by atoms with Crippen LogP contribution in [0, 0.1) is 5.92 Å². The van der Waals surface area contributed by atoms with Gasteiger partial charge in [0.2, 0.25) is 0 Å². The summed E-state index contributed by atoms with van der Waals surface area (Å²) in [5.74, 6) is -1.16. The maximum Gasteiger partial charge on any atom is 0.320 e. The third-order valence-corrected chi connectivity index (χ3v) is 4.91. The molecule has 0 aromatic carbocycles. The van der Waals surface area contributed by atoms with Gasteiger partial charge in [0.1, 0.15) is 0 Å². The summed E-state index contributed by atoms with van der Waals surface area (Å²) in [6.45, 7) is 7.09. The Hall–Kier alpha value is -1.30. The molecule has 0 saturated carbocycles. The van der Waals surface area contributed by atoms with Gasteiger partial charge in [0, 0.05) is 18.6 Å². The van der Waals surface area contributed by atoms with Gasteiger partial charge >= 0.3 is 12.0 Å². The third-order valence-electron chi connectivity index (χ3n) is 4.91. The van der Waals surface area contributed by atoms with Gasteiger partial charge < -0.3 is 19.6 Å². The van der Waals surface area contributed by atoms with Crippen LogP contribution in [0.1, 0.15) is 40.0 Å². The van der Waals surface area contributed by atoms with Crippen LogP contribution in [0.2, 0.25) is 0 Å². The first kappa shape index (κ1) is 14.6. The van der Waals surface area contributed by atoms with Crippen molar-refractivity contribution in [3.05, 3.63) is 0 Å². The first-order valence-electron chi connectivity index (χ1n) is 7.76. The molecule has 118 valence electrons. The second-order valence-corrected chi connectivity index (χ2v) is 7.24. The third kappa shape index (κ3) is 2.50. The minimum Gasteiger partial charge on any atom is -0.481 e. The molecule has 3 aliphatic rings. The van der Waals surface area contributed by atoms with Crippen LogP contribution in [0.5, 0.6) is 0 Å². The summed E-state index contributed by atoms with van der Waals surface area (Å²) in [5, 5.41) is 9.30. The zero-order valence-corrected chi connectivity index (χ0v) is 12.9. The zero-order chi connectivity index (χ0) is 15.4. The molecule has 0 radical (unpaired) electrons. The van der Waals surface area contributed by atoms with Crippen LogP contribution in [0.15, 0.2) is 0 Å². The molecule has 2 amide bonds. The van der Waals surface area contributed by atoms with E-state index in [4.69, 9.17) is 4.74 Å². The molecule has 3 fully saturated rings. The minimum atomic E-state index is -0.768. The molecule has 1 N–H and O–H groups in total. The molecular weight excluding hydrogens is 272 g/mol. The van der Waals surface area contributed by atoms with Gasteiger partial charge in [-0.1, -0.05) is 0 Å². The van der Waals surface area contributed by atoms with Crippen molar-refractivity contribution in [2.75, 3.05) is 13.1 Å². The predicted molar refractivity (Wildman–Crippen MR) is 76.0 cm³/mol. The number of amides is 2. The van der Waals surface area contributed by atoms with E-state index < -0.39 is 5.97 Å². The standard InChI is InChI=1S/C15H24N2O4/c1-9-7-16(8-15(2,3)21-9)14(20)17-10-4-5-12(17)11(6-10)13(18)19/h9-12H,4-8H2,1-3H3,(H,18,19). The largest absolute Gasteiger partial charge is 0.481 e. The molecule has 3 aliphatic heterocycles. The summed E-state index contributed by atoms with van der Waals surface area (Å²) < 4.78 is 5.84. The lowest BCUT2D eigenvalue weighted by Gasteiger charge is -2.43. The van der Waals surface area contributed by atoms with Crippen molar-refractivity contribution in [3.8, 4) is 0 Å². The topological polar surface area (TPSA) is 70.1 Å². The highest BCUT2D eigenvalue weighted by Crippen LogP contribution is 2.42. The molecule has 21 heavy (non-hydrogen) atoms. The summed E-state index contributed by atoms with van der Waals surface area (Å²) in [6, 6.07) is -0.0272. The first-order valence-corrected chi connectivity index (χ1v) is 7.76. The number of aliphatic carboxylic acids is 1. The average molecular weight is 296 g/mol. The fraction of sp³-hybridized carbons (Fsp3) is 0.867. The molecule has 0 spiro atoms. The van der Waals surface area contributed by atoms with Gasteiger partial charge in [0.05, 0.1) is 24.2 Å². The highest BCUT2D eigenvalue weighted by molar-refractivity contribution is 5.79. The maximum absolute atomic E-state index is 12.9. The van der Waals surface area contributed by atoms with Gasteiger partial charge in [0.15, 0.2) is 0 Å². The Labute approximate surface area is 125 Å². The predicted octanol–water partition coefficient (Wildman–Crippen LogP) is 1.54. The number of hydrogen-bond acceptors (Lipinski definition) is 3. The Morgan fingerprint density at radius 1 is 1.29 bits per heavy atom. The molecule has 0 aromatic heterocycles. The molecule has 4 atom stereocenters. The lowest BCUT2D eigenvalue weighted by Crippen LogP contribution is -2.57. The van der Waals surface area contributed by atoms with Crippen LogP contribution in [0.3, 0.4) is 0 Å². The maximum atomic E-state index is 12.9. The van der Waals surface area contributed by atoms with Crippen molar-refractivity contribution in [2.45, 2.75) is 63.8 Å². The minimum absolute atomic E-state index is 0.00512. The average Bonchev–Trinajstić information content (AvgIpc) is 2.92. The fourth-order valence-corrected chi connectivity index (χ4v) is 4.31. The van der Waals surface area contributed by atoms with Crippen molar-refractivity contribution in [3.63, 3.8) is 0 Å². The van der Waals surface area contributed by atoms with Crippen molar-refractivity contribution in [1.82, 2.24) is 9.80 Å². The van der Waals surface area contributed by atoms with E-state index >= 15 is 0 Å². The fourth-order valence-electron chi connectivity index (χ4n) is 4.31. The van der Waals surface area contributed by atoms with Crippen LogP contribution in [0.4, 0.5) is 4.79 Å². The van der Waals surface area contributed by atoms with Crippen molar-refractivity contribution >= 4 is 12.0 Å². The number of carbonyl (C=O) groups excluding carboxylic acids is 1. The molecule has 4 unspecified atom stereocenters. The van der Waals surface area contributed by atoms with E-state index in [9.17, 15) is 14.7 Å². The number of ether oxygens (including phenoxy) is 1. The van der Waals surface area contributed by atoms with E-state index in [-0.39, 0.29) is 35.7 Å². The number of carboxylic acid groups (broad SMARTS) is 1. The molecule has 0 aliphatic carbocycles. The lowest BCUT2D eigenvalue weighted by atomic mass is 9.89. The highest BCUT2D eigenvalue weighted by atomic mass is 16.5. The van der Waals surface area contributed by atoms with Crippen LogP contribution < -0.4 is 0 Å². The van der Waals surface area contributed by atoms with Crippen molar-refractivity contribution < 1.29 is 19.4 Å². The Morgan fingerprint density at radius 3 is 2.57 bits per heavy atom. The molecule has 3 saturated heterocycles. The van der Waals surface area contributed by atoms with E-state index in [1.807, 2.05) is 30.6 Å². The Morgan fingerprint density at radius 2 is 2.00 bits per heavy atom. The SMILES string of the molecule is CC1CN(C(=O)N2C3CCC2C(C(=O)O)C3)CC(C)(C)O1. The Balaban J connectivity index is 1.75. The van der Waals surface area contributed by atoms with Crippen LogP contribution >= 0.6 is 0 Å². The zero-order valence-electron chi connectivity index (χ0n) is 12.9. The molecule has 6 nitrogen and oxygen atoms in total. The van der Waals surface area contributed by atoms with Crippen molar-refractivity contribution in [1.29, 1.82) is 0 Å². The summed E-state index contributed by atoms with van der Waals surface area (Å²) in [4.78, 5) is 27.9. The number of urea groups is 1. The summed E-state index contributed by atoms with van der Waals surface area (Å²) in [6.07, 6.45) is 2.36. The van der Waals surface area contributed by atoms with E-state index in [1.54, 1.807) is 0 Å². The van der Waals surface area contributed by atoms with Crippen LogP contribution in [0.25, 0.3) is 0 Å². The number of rotatable bonds is 1. The number of nitrogens with zero attached hydrogens (tertiary/aromatic N) is 2. The van der Waals surface area contributed by atoms with Crippen LogP contribution in [-0.2, 0) is 9.53 Å². The lowest BCUT2D eigenvalue weighted by molar-refractivity contribution is -0.142. The second kappa shape index (κ2) is 4.87. The number of morpholine rings is 1. The summed E-state index contributed by atoms with van der Waals surface area (Å²) in [7, 11) is 0. The van der Waals surface area contributed by atoms with E-state index in [2.05, 4.69) is 0 Å². The Bertz CT molecular complexity index is 465. The van der Waals surface area contributed by atoms with Gasteiger partial charge in [-0.3, -0.25) is 4.79 Å². The Kier molecular flexibility index (Phi) is 3.39. The normalized spacial score (nSPS) is 37.9. The molecular formula is C15H24N2O4. The molecule has 0 aromatic rings. The van der Waals surface area contributed by atoms with Crippen LogP contribution in [-0.4, -0.2) is 63.8 Å². The van der Waals surface area contributed by atoms with E-state index in [1.165, 1.54) is 0 Å². The monoisotopic (exact) mass is 296 g/mol. The number of carboxylic acids is 1. The number of fused-ring (bicyclic) bond motifs is 2. The van der Waals surface area contributed by atoms with Gasteiger partial charge in [-0.2, -0.15) is 0 Å². The van der Waals surface area contributed by atoms with Crippen molar-refractivity contribution in [2.24, 2.45) is 5.92 Å². The van der Waals surface area contributed by atoms with Gasteiger partial charge in [-0.05, 0) is 40.0 Å². The number of carbonyl (C=O) groups is 2. The van der Waals surface area contributed by atoms with Gasteiger partial charge in [0.25, 0.3) is 0 Å². The molecule has 2 bridgehead atoms. The highest BCUT2D eigenvalue weighted by Gasteiger charge is 2.52. The van der Waals surface area contributed by atoms with Gasteiger partial charge in [-0.25, -0.2) is 4.79 Å². The smallest absolute Gasteiger partial charge is 0.320 e. The molecule has 6 heteroatoms. The summed E-state index contributed by atoms with van der Waals surface area (Å²) in [5.41, 5.74) is -0.349. The number of hydrogen-bond donors (Lipinski definition) is 1. The second-order valence-electron chi connectivity index (χ2n) is 7.24. The summed E-state index contributed by atoms with van der Waals surface area (Å²) >= 11 is 0. The van der Waals surface area contributed by atoms with E-state index in [0.717, 1.165) is 12.8 Å². The first-order chi connectivity index (χ1) is 9.78. The quantitative estimate of drug-likeness (QED) is 0.797. The van der Waals surface area contributed by atoms with Gasteiger partial charge in [-0.15, -0.1) is 0 Å². The molecule has 3 heterocycles.